The molecule has 6 heteroatoms. The van der Waals surface area contributed by atoms with Gasteiger partial charge in [0.25, 0.3) is 5.91 Å². The Morgan fingerprint density at radius 1 is 1.07 bits per heavy atom. The summed E-state index contributed by atoms with van der Waals surface area (Å²) in [6.45, 7) is 1.93. The number of carbonyl (C=O) groups excluding carboxylic acids is 1. The molecule has 0 aliphatic carbocycles. The maximum Gasteiger partial charge on any atom is 0.269 e. The topological polar surface area (TPSA) is 62.7 Å². The number of rotatable bonds is 5. The normalized spacial score (nSPS) is 11.9. The fourth-order valence-electron chi connectivity index (χ4n) is 3.03. The second-order valence-electron chi connectivity index (χ2n) is 6.55. The fourth-order valence-corrected chi connectivity index (χ4v) is 3.03. The van der Waals surface area contributed by atoms with E-state index < -0.39 is 0 Å². The largest absolute Gasteiger partial charge is 0.344 e. The van der Waals surface area contributed by atoms with Gasteiger partial charge in [0.15, 0.2) is 0 Å². The second kappa shape index (κ2) is 7.52. The Labute approximate surface area is 161 Å². The smallest absolute Gasteiger partial charge is 0.269 e. The lowest BCUT2D eigenvalue weighted by Crippen LogP contribution is -2.27. The van der Waals surface area contributed by atoms with Gasteiger partial charge in [-0.3, -0.25) is 9.89 Å². The number of amides is 1. The molecule has 2 heterocycles. The molecule has 1 unspecified atom stereocenters. The van der Waals surface area contributed by atoms with Crippen molar-refractivity contribution < 1.29 is 9.18 Å². The standard InChI is InChI=1S/C22H19FN4O/c1-15(17-5-4-6-19(13-17)27-11-2-3-12-27)24-22(28)21-14-20(25-26-21)16-7-9-18(23)10-8-16/h2-15H,1H3,(H,24,28)(H,25,26). The van der Waals surface area contributed by atoms with Crippen molar-refractivity contribution in [2.75, 3.05) is 0 Å². The van der Waals surface area contributed by atoms with Gasteiger partial charge in [0.05, 0.1) is 11.7 Å². The first kappa shape index (κ1) is 17.7. The van der Waals surface area contributed by atoms with E-state index in [4.69, 9.17) is 0 Å². The van der Waals surface area contributed by atoms with Gasteiger partial charge in [-0.1, -0.05) is 12.1 Å². The van der Waals surface area contributed by atoms with Crippen LogP contribution < -0.4 is 5.32 Å². The minimum absolute atomic E-state index is 0.180. The molecule has 140 valence electrons. The van der Waals surface area contributed by atoms with Crippen LogP contribution in [-0.4, -0.2) is 20.7 Å². The average Bonchev–Trinajstić information content (AvgIpc) is 3.41. The molecule has 0 aliphatic rings. The number of halogens is 1. The fraction of sp³-hybridized carbons (Fsp3) is 0.0909. The third kappa shape index (κ3) is 3.71. The first-order valence-electron chi connectivity index (χ1n) is 8.96. The van der Waals surface area contributed by atoms with Crippen molar-refractivity contribution in [3.63, 3.8) is 0 Å². The van der Waals surface area contributed by atoms with E-state index in [0.29, 0.717) is 11.4 Å². The summed E-state index contributed by atoms with van der Waals surface area (Å²) in [6, 6.07) is 19.4. The van der Waals surface area contributed by atoms with E-state index in [0.717, 1.165) is 16.8 Å². The number of carbonyl (C=O) groups is 1. The van der Waals surface area contributed by atoms with Crippen molar-refractivity contribution in [3.8, 4) is 16.9 Å². The lowest BCUT2D eigenvalue weighted by atomic mass is 10.1. The Morgan fingerprint density at radius 3 is 2.57 bits per heavy atom. The molecule has 2 aromatic heterocycles. The predicted octanol–water partition coefficient (Wildman–Crippen LogP) is 4.50. The number of H-pyrrole nitrogens is 1. The van der Waals surface area contributed by atoms with Gasteiger partial charge in [0.2, 0.25) is 0 Å². The van der Waals surface area contributed by atoms with E-state index in [-0.39, 0.29) is 17.8 Å². The second-order valence-corrected chi connectivity index (χ2v) is 6.55. The molecule has 1 atom stereocenters. The van der Waals surface area contributed by atoms with Gasteiger partial charge in [-0.2, -0.15) is 5.10 Å². The van der Waals surface area contributed by atoms with Crippen LogP contribution in [0.2, 0.25) is 0 Å². The zero-order valence-corrected chi connectivity index (χ0v) is 15.3. The van der Waals surface area contributed by atoms with E-state index in [9.17, 15) is 9.18 Å². The molecule has 0 saturated heterocycles. The summed E-state index contributed by atoms with van der Waals surface area (Å²) in [7, 11) is 0. The van der Waals surface area contributed by atoms with Crippen LogP contribution in [0.5, 0.6) is 0 Å². The van der Waals surface area contributed by atoms with E-state index >= 15 is 0 Å². The Balaban J connectivity index is 1.48. The highest BCUT2D eigenvalue weighted by molar-refractivity contribution is 5.93. The number of aromatic amines is 1. The van der Waals surface area contributed by atoms with Gasteiger partial charge < -0.3 is 9.88 Å². The SMILES string of the molecule is CC(NC(=O)c1cc(-c2ccc(F)cc2)n[nH]1)c1cccc(-n2cccc2)c1. The van der Waals surface area contributed by atoms with Gasteiger partial charge in [-0.05, 0) is 67.1 Å². The van der Waals surface area contributed by atoms with Crippen molar-refractivity contribution in [2.45, 2.75) is 13.0 Å². The number of hydrogen-bond donors (Lipinski definition) is 2. The number of nitrogens with zero attached hydrogens (tertiary/aromatic N) is 2. The van der Waals surface area contributed by atoms with Crippen LogP contribution in [0.3, 0.4) is 0 Å². The minimum atomic E-state index is -0.312. The molecule has 0 saturated carbocycles. The van der Waals surface area contributed by atoms with Crippen LogP contribution in [0.25, 0.3) is 16.9 Å². The van der Waals surface area contributed by atoms with Crippen LogP contribution in [0.1, 0.15) is 29.0 Å². The third-order valence-electron chi connectivity index (χ3n) is 4.58. The highest BCUT2D eigenvalue weighted by atomic mass is 19.1. The molecule has 0 radical (unpaired) electrons. The summed E-state index contributed by atoms with van der Waals surface area (Å²) < 4.78 is 15.1. The van der Waals surface area contributed by atoms with Crippen molar-refractivity contribution in [2.24, 2.45) is 0 Å². The van der Waals surface area contributed by atoms with E-state index in [1.165, 1.54) is 12.1 Å². The molecule has 2 aromatic carbocycles. The van der Waals surface area contributed by atoms with Crippen LogP contribution in [0.15, 0.2) is 79.1 Å². The molecule has 4 aromatic rings. The average molecular weight is 374 g/mol. The number of benzene rings is 2. The highest BCUT2D eigenvalue weighted by Crippen LogP contribution is 2.20. The zero-order chi connectivity index (χ0) is 19.5. The van der Waals surface area contributed by atoms with E-state index in [2.05, 4.69) is 15.5 Å². The Kier molecular flexibility index (Phi) is 4.76. The van der Waals surface area contributed by atoms with Crippen molar-refractivity contribution in [1.29, 1.82) is 0 Å². The Bertz CT molecular complexity index is 1080. The molecule has 0 spiro atoms. The van der Waals surface area contributed by atoms with Crippen LogP contribution in [-0.2, 0) is 0 Å². The lowest BCUT2D eigenvalue weighted by Gasteiger charge is -2.15. The molecule has 1 amide bonds. The molecular weight excluding hydrogens is 355 g/mol. The van der Waals surface area contributed by atoms with Gasteiger partial charge in [-0.15, -0.1) is 0 Å². The first-order chi connectivity index (χ1) is 13.6. The van der Waals surface area contributed by atoms with Crippen molar-refractivity contribution in [3.05, 3.63) is 96.2 Å². The maximum atomic E-state index is 13.1. The molecule has 2 N–H and O–H groups in total. The third-order valence-corrected chi connectivity index (χ3v) is 4.58. The molecular formula is C22H19FN4O. The van der Waals surface area contributed by atoms with Gasteiger partial charge in [0.1, 0.15) is 11.5 Å². The summed E-state index contributed by atoms with van der Waals surface area (Å²) in [4.78, 5) is 12.6. The van der Waals surface area contributed by atoms with Gasteiger partial charge >= 0.3 is 0 Å². The van der Waals surface area contributed by atoms with E-state index in [1.54, 1.807) is 18.2 Å². The van der Waals surface area contributed by atoms with Crippen LogP contribution >= 0.6 is 0 Å². The number of hydrogen-bond acceptors (Lipinski definition) is 2. The van der Waals surface area contributed by atoms with Crippen LogP contribution in [0, 0.1) is 5.82 Å². The van der Waals surface area contributed by atoms with E-state index in [1.807, 2.05) is 60.3 Å². The quantitative estimate of drug-likeness (QED) is 0.540. The van der Waals surface area contributed by atoms with Crippen molar-refractivity contribution >= 4 is 5.91 Å². The van der Waals surface area contributed by atoms with Gasteiger partial charge in [-0.25, -0.2) is 4.39 Å². The first-order valence-corrected chi connectivity index (χ1v) is 8.96. The highest BCUT2D eigenvalue weighted by Gasteiger charge is 2.15. The zero-order valence-electron chi connectivity index (χ0n) is 15.3. The van der Waals surface area contributed by atoms with Crippen LogP contribution in [0.4, 0.5) is 4.39 Å². The molecule has 4 rings (SSSR count). The predicted molar refractivity (Wildman–Crippen MR) is 106 cm³/mol. The minimum Gasteiger partial charge on any atom is -0.344 e. The number of nitrogens with one attached hydrogen (secondary N) is 2. The summed E-state index contributed by atoms with van der Waals surface area (Å²) in [6.07, 6.45) is 3.95. The Morgan fingerprint density at radius 2 is 1.82 bits per heavy atom. The van der Waals surface area contributed by atoms with Gasteiger partial charge in [0, 0.05) is 23.6 Å². The Hall–Kier alpha value is -3.67. The van der Waals surface area contributed by atoms with Crippen molar-refractivity contribution in [1.82, 2.24) is 20.1 Å². The molecule has 28 heavy (non-hydrogen) atoms. The summed E-state index contributed by atoms with van der Waals surface area (Å²) in [5.74, 6) is -0.562. The summed E-state index contributed by atoms with van der Waals surface area (Å²) in [5, 5.41) is 9.88. The molecule has 0 aliphatic heterocycles. The summed E-state index contributed by atoms with van der Waals surface area (Å²) >= 11 is 0. The molecule has 0 bridgehead atoms. The molecule has 0 fully saturated rings. The number of aromatic nitrogens is 3. The monoisotopic (exact) mass is 374 g/mol. The summed E-state index contributed by atoms with van der Waals surface area (Å²) in [5.41, 5.74) is 3.71. The lowest BCUT2D eigenvalue weighted by molar-refractivity contribution is 0.0935. The molecule has 5 nitrogen and oxygen atoms in total. The maximum absolute atomic E-state index is 13.1.